The number of carbonyl (C=O) groups is 1. The summed E-state index contributed by atoms with van der Waals surface area (Å²) in [6.07, 6.45) is 1.99. The van der Waals surface area contributed by atoms with E-state index in [-0.39, 0.29) is 5.11 Å². The zero-order chi connectivity index (χ0) is 8.97. The molecule has 0 radical (unpaired) electrons. The summed E-state index contributed by atoms with van der Waals surface area (Å²) in [6.45, 7) is 0. The Bertz CT molecular complexity index is 271. The van der Waals surface area contributed by atoms with E-state index in [0.717, 1.165) is 0 Å². The summed E-state index contributed by atoms with van der Waals surface area (Å²) in [5.41, 5.74) is 7.60. The van der Waals surface area contributed by atoms with Crippen molar-refractivity contribution in [3.63, 3.8) is 0 Å². The molecule has 4 N–H and O–H groups in total. The number of anilines is 1. The molecular weight excluding hydrogens is 178 g/mol. The van der Waals surface area contributed by atoms with Crippen molar-refractivity contribution < 1.29 is 4.79 Å². The van der Waals surface area contributed by atoms with Crippen molar-refractivity contribution in [3.05, 3.63) is 12.3 Å². The molecule has 0 spiro atoms. The first kappa shape index (κ1) is 8.47. The first-order valence-electron chi connectivity index (χ1n) is 3.04. The fraction of sp³-hybridized carbons (Fsp3) is 0. The first-order valence-corrected chi connectivity index (χ1v) is 3.45. The van der Waals surface area contributed by atoms with Crippen molar-refractivity contribution in [3.8, 4) is 0 Å². The fourth-order valence-electron chi connectivity index (χ4n) is 0.678. The fourth-order valence-corrected chi connectivity index (χ4v) is 0.829. The Kier molecular flexibility index (Phi) is 2.59. The molecule has 7 heteroatoms. The predicted octanol–water partition coefficient (Wildman–Crippen LogP) is -0.879. The molecule has 0 aromatic carbocycles. The van der Waals surface area contributed by atoms with Crippen LogP contribution in [0.2, 0.25) is 0 Å². The van der Waals surface area contributed by atoms with Crippen molar-refractivity contribution in [1.29, 1.82) is 0 Å². The van der Waals surface area contributed by atoms with Crippen molar-refractivity contribution in [1.82, 2.24) is 15.6 Å². The first-order chi connectivity index (χ1) is 5.75. The van der Waals surface area contributed by atoms with Gasteiger partial charge in [-0.1, -0.05) is 0 Å². The molecule has 64 valence electrons. The van der Waals surface area contributed by atoms with Crippen LogP contribution in [0.3, 0.4) is 0 Å². The Morgan fingerprint density at radius 2 is 2.67 bits per heavy atom. The number of nitrogens with zero attached hydrogens (tertiary/aromatic N) is 2. The van der Waals surface area contributed by atoms with Gasteiger partial charge in [0.15, 0.2) is 5.11 Å². The molecule has 12 heavy (non-hydrogen) atoms. The lowest BCUT2D eigenvalue weighted by molar-refractivity contribution is -0.109. The van der Waals surface area contributed by atoms with Crippen LogP contribution in [0.4, 0.5) is 5.82 Å². The van der Waals surface area contributed by atoms with Crippen LogP contribution in [0.25, 0.3) is 0 Å². The highest BCUT2D eigenvalue weighted by molar-refractivity contribution is 7.80. The topological polar surface area (TPSA) is 87.0 Å². The van der Waals surface area contributed by atoms with E-state index >= 15 is 0 Å². The maximum atomic E-state index is 10.1. The van der Waals surface area contributed by atoms with E-state index in [2.05, 4.69) is 27.8 Å². The number of nitrogens with one attached hydrogen (secondary N) is 2. The Labute approximate surface area is 73.7 Å². The van der Waals surface area contributed by atoms with Gasteiger partial charge >= 0.3 is 0 Å². The minimum absolute atomic E-state index is 0.0337. The van der Waals surface area contributed by atoms with Gasteiger partial charge in [-0.15, -0.1) is 0 Å². The number of thiocarbonyl (C=S) groups is 1. The van der Waals surface area contributed by atoms with Crippen LogP contribution in [-0.2, 0) is 4.79 Å². The Balaban J connectivity index is 2.80. The van der Waals surface area contributed by atoms with E-state index in [1.54, 1.807) is 6.07 Å². The third kappa shape index (κ3) is 1.70. The minimum Gasteiger partial charge on any atom is -0.374 e. The number of amides is 1. The molecular formula is C5H7N5OS. The van der Waals surface area contributed by atoms with Gasteiger partial charge in [-0.2, -0.15) is 5.10 Å². The van der Waals surface area contributed by atoms with Crippen LogP contribution in [0.5, 0.6) is 0 Å². The monoisotopic (exact) mass is 185 g/mol. The summed E-state index contributed by atoms with van der Waals surface area (Å²) in [5.74, 6) is 0.509. The zero-order valence-corrected chi connectivity index (χ0v) is 6.84. The second-order valence-corrected chi connectivity index (χ2v) is 2.28. The molecule has 0 aliphatic carbocycles. The standard InChI is InChI=1S/C5H7N5OS/c6-5(12)10(8-3-11)4-1-2-7-9-4/h1-3H,(H2,6,12)(H,7,9)(H,8,11). The molecule has 0 bridgehead atoms. The normalized spacial score (nSPS) is 9.00. The van der Waals surface area contributed by atoms with Gasteiger partial charge in [0.25, 0.3) is 0 Å². The van der Waals surface area contributed by atoms with E-state index in [0.29, 0.717) is 12.2 Å². The SMILES string of the molecule is NC(=S)N(NC=O)c1ccn[nH]1. The molecule has 1 heterocycles. The number of aromatic nitrogens is 2. The van der Waals surface area contributed by atoms with E-state index < -0.39 is 0 Å². The maximum Gasteiger partial charge on any atom is 0.226 e. The number of H-pyrrole nitrogens is 1. The summed E-state index contributed by atoms with van der Waals surface area (Å²) in [6, 6.07) is 1.62. The molecule has 1 amide bonds. The second kappa shape index (κ2) is 3.67. The van der Waals surface area contributed by atoms with Gasteiger partial charge in [-0.3, -0.25) is 15.3 Å². The van der Waals surface area contributed by atoms with Gasteiger partial charge in [-0.25, -0.2) is 5.01 Å². The highest BCUT2D eigenvalue weighted by Crippen LogP contribution is 2.04. The van der Waals surface area contributed by atoms with Crippen molar-refractivity contribution in [2.45, 2.75) is 0 Å². The van der Waals surface area contributed by atoms with Gasteiger partial charge < -0.3 is 5.73 Å². The van der Waals surface area contributed by atoms with Gasteiger partial charge in [0.05, 0.1) is 6.20 Å². The third-order valence-corrected chi connectivity index (χ3v) is 1.31. The van der Waals surface area contributed by atoms with Crippen LogP contribution in [0.15, 0.2) is 12.3 Å². The Hall–Kier alpha value is -1.63. The van der Waals surface area contributed by atoms with E-state index in [1.807, 2.05) is 0 Å². The van der Waals surface area contributed by atoms with E-state index in [4.69, 9.17) is 5.73 Å². The van der Waals surface area contributed by atoms with Crippen LogP contribution < -0.4 is 16.2 Å². The van der Waals surface area contributed by atoms with Crippen LogP contribution in [-0.4, -0.2) is 21.7 Å². The number of aromatic amines is 1. The number of hydrazine groups is 1. The molecule has 0 atom stereocenters. The van der Waals surface area contributed by atoms with Gasteiger partial charge in [0.2, 0.25) is 6.41 Å². The lowest BCUT2D eigenvalue weighted by Crippen LogP contribution is -2.45. The average Bonchev–Trinajstić information content (AvgIpc) is 2.51. The number of rotatable bonds is 3. The molecule has 1 rings (SSSR count). The molecule has 0 aliphatic rings. The minimum atomic E-state index is 0.0337. The van der Waals surface area contributed by atoms with Crippen LogP contribution >= 0.6 is 12.2 Å². The van der Waals surface area contributed by atoms with E-state index in [9.17, 15) is 4.79 Å². The number of hydrogen-bond acceptors (Lipinski definition) is 3. The molecule has 0 fully saturated rings. The quantitative estimate of drug-likeness (QED) is 0.323. The maximum absolute atomic E-state index is 10.1. The average molecular weight is 185 g/mol. The Morgan fingerprint density at radius 1 is 1.92 bits per heavy atom. The van der Waals surface area contributed by atoms with E-state index in [1.165, 1.54) is 11.2 Å². The Morgan fingerprint density at radius 3 is 3.08 bits per heavy atom. The van der Waals surface area contributed by atoms with Crippen LogP contribution in [0, 0.1) is 0 Å². The van der Waals surface area contributed by atoms with Crippen molar-refractivity contribution in [2.24, 2.45) is 5.73 Å². The summed E-state index contributed by atoms with van der Waals surface area (Å²) < 4.78 is 0. The smallest absolute Gasteiger partial charge is 0.226 e. The summed E-state index contributed by atoms with van der Waals surface area (Å²) in [4.78, 5) is 10.1. The lowest BCUT2D eigenvalue weighted by atomic mass is 10.6. The number of carbonyl (C=O) groups excluding carboxylic acids is 1. The molecule has 1 aromatic heterocycles. The van der Waals surface area contributed by atoms with Crippen molar-refractivity contribution >= 4 is 29.6 Å². The highest BCUT2D eigenvalue weighted by Gasteiger charge is 2.08. The predicted molar refractivity (Wildman–Crippen MR) is 47.1 cm³/mol. The summed E-state index contributed by atoms with van der Waals surface area (Å²) in [5, 5.41) is 7.50. The van der Waals surface area contributed by atoms with Gasteiger partial charge in [-0.05, 0) is 12.2 Å². The molecule has 1 aromatic rings. The van der Waals surface area contributed by atoms with Crippen molar-refractivity contribution in [2.75, 3.05) is 5.01 Å². The summed E-state index contributed by atoms with van der Waals surface area (Å²) in [7, 11) is 0. The summed E-state index contributed by atoms with van der Waals surface area (Å²) >= 11 is 4.66. The zero-order valence-electron chi connectivity index (χ0n) is 6.02. The molecule has 6 nitrogen and oxygen atoms in total. The molecule has 0 unspecified atom stereocenters. The van der Waals surface area contributed by atoms with Gasteiger partial charge in [0.1, 0.15) is 5.82 Å². The lowest BCUT2D eigenvalue weighted by Gasteiger charge is -2.17. The third-order valence-electron chi connectivity index (χ3n) is 1.13. The highest BCUT2D eigenvalue weighted by atomic mass is 32.1. The van der Waals surface area contributed by atoms with Gasteiger partial charge in [0, 0.05) is 6.07 Å². The molecule has 0 aliphatic heterocycles. The molecule has 0 saturated carbocycles. The second-order valence-electron chi connectivity index (χ2n) is 1.86. The number of hydrogen-bond donors (Lipinski definition) is 3. The molecule has 0 saturated heterocycles. The number of nitrogens with two attached hydrogens (primary N) is 1. The van der Waals surface area contributed by atoms with Crippen LogP contribution in [0.1, 0.15) is 0 Å². The largest absolute Gasteiger partial charge is 0.374 e.